The number of anilines is 1. The average Bonchev–Trinajstić information content (AvgIpc) is 3.12. The summed E-state index contributed by atoms with van der Waals surface area (Å²) in [4.78, 5) is 12.3. The van der Waals surface area contributed by atoms with Crippen molar-refractivity contribution in [2.24, 2.45) is 13.0 Å². The molecule has 0 aliphatic carbocycles. The van der Waals surface area contributed by atoms with E-state index in [-0.39, 0.29) is 29.1 Å². The fourth-order valence-electron chi connectivity index (χ4n) is 3.13. The number of aromatic nitrogens is 3. The summed E-state index contributed by atoms with van der Waals surface area (Å²) in [7, 11) is -1.04. The monoisotopic (exact) mass is 408 g/mol. The van der Waals surface area contributed by atoms with Crippen molar-refractivity contribution in [2.75, 3.05) is 22.6 Å². The van der Waals surface area contributed by atoms with Gasteiger partial charge in [-0.3, -0.25) is 4.79 Å². The number of sulfone groups is 1. The van der Waals surface area contributed by atoms with Crippen molar-refractivity contribution in [1.29, 1.82) is 0 Å². The maximum Gasteiger partial charge on any atom is 0.234 e. The van der Waals surface area contributed by atoms with Gasteiger partial charge in [0.05, 0.1) is 17.3 Å². The molecule has 2 heterocycles. The summed E-state index contributed by atoms with van der Waals surface area (Å²) in [6, 6.07) is 5.95. The van der Waals surface area contributed by atoms with Crippen molar-refractivity contribution in [3.8, 4) is 0 Å². The molecule has 1 atom stereocenters. The number of nitrogens with one attached hydrogen (secondary N) is 1. The standard InChI is InChI=1S/C18H24N4O3S2/c1-12-4-5-13(2)15(8-12)19-17(23)10-26-18-21-20-16(22(18)3)9-14-6-7-27(24,25)11-14/h4-5,8,14H,6-7,9-11H2,1-3H3,(H,19,23)/t14-/m0/s1. The Morgan fingerprint density at radius 1 is 1.33 bits per heavy atom. The molecule has 9 heteroatoms. The molecule has 1 aliphatic heterocycles. The van der Waals surface area contributed by atoms with Crippen LogP contribution in [0.2, 0.25) is 0 Å². The number of benzene rings is 1. The lowest BCUT2D eigenvalue weighted by molar-refractivity contribution is -0.113. The zero-order valence-electron chi connectivity index (χ0n) is 15.7. The van der Waals surface area contributed by atoms with Gasteiger partial charge in [0, 0.05) is 19.2 Å². The largest absolute Gasteiger partial charge is 0.325 e. The highest BCUT2D eigenvalue weighted by molar-refractivity contribution is 7.99. The molecule has 0 saturated carbocycles. The average molecular weight is 409 g/mol. The lowest BCUT2D eigenvalue weighted by atomic mass is 10.1. The molecule has 1 saturated heterocycles. The molecular weight excluding hydrogens is 384 g/mol. The fourth-order valence-corrected chi connectivity index (χ4v) is 5.72. The molecule has 1 aromatic carbocycles. The van der Waals surface area contributed by atoms with E-state index < -0.39 is 9.84 Å². The van der Waals surface area contributed by atoms with Crippen molar-refractivity contribution < 1.29 is 13.2 Å². The summed E-state index contributed by atoms with van der Waals surface area (Å²) in [6.07, 6.45) is 1.27. The predicted molar refractivity (Wildman–Crippen MR) is 107 cm³/mol. The topological polar surface area (TPSA) is 94.0 Å². The van der Waals surface area contributed by atoms with Crippen molar-refractivity contribution in [2.45, 2.75) is 31.8 Å². The van der Waals surface area contributed by atoms with Crippen molar-refractivity contribution >= 4 is 33.2 Å². The summed E-state index contributed by atoms with van der Waals surface area (Å²) in [5, 5.41) is 11.9. The van der Waals surface area contributed by atoms with Crippen LogP contribution in [0, 0.1) is 19.8 Å². The Kier molecular flexibility index (Phi) is 5.90. The van der Waals surface area contributed by atoms with Gasteiger partial charge in [0.25, 0.3) is 0 Å². The molecular formula is C18H24N4O3S2. The van der Waals surface area contributed by atoms with Crippen LogP contribution in [0.4, 0.5) is 5.69 Å². The molecule has 27 heavy (non-hydrogen) atoms. The maximum absolute atomic E-state index is 12.3. The molecule has 0 spiro atoms. The molecule has 0 unspecified atom stereocenters. The highest BCUT2D eigenvalue weighted by Crippen LogP contribution is 2.24. The molecule has 1 aromatic heterocycles. The first-order valence-electron chi connectivity index (χ1n) is 8.82. The van der Waals surface area contributed by atoms with Crippen LogP contribution in [0.5, 0.6) is 0 Å². The minimum Gasteiger partial charge on any atom is -0.325 e. The number of aryl methyl sites for hydroxylation is 2. The molecule has 3 rings (SSSR count). The highest BCUT2D eigenvalue weighted by atomic mass is 32.2. The zero-order chi connectivity index (χ0) is 19.6. The van der Waals surface area contributed by atoms with Crippen molar-refractivity contribution in [3.63, 3.8) is 0 Å². The number of carbonyl (C=O) groups excluding carboxylic acids is 1. The molecule has 1 N–H and O–H groups in total. The Morgan fingerprint density at radius 2 is 2.11 bits per heavy atom. The van der Waals surface area contributed by atoms with Crippen LogP contribution in [0.15, 0.2) is 23.4 Å². The van der Waals surface area contributed by atoms with Gasteiger partial charge in [0.2, 0.25) is 5.91 Å². The number of carbonyl (C=O) groups is 1. The Labute approximate surface area is 163 Å². The molecule has 1 fully saturated rings. The molecule has 7 nitrogen and oxygen atoms in total. The molecule has 1 aliphatic rings. The first-order chi connectivity index (χ1) is 12.7. The van der Waals surface area contributed by atoms with Crippen LogP contribution in [-0.4, -0.2) is 46.3 Å². The SMILES string of the molecule is Cc1ccc(C)c(NC(=O)CSc2nnc(C[C@@H]3CCS(=O)(=O)C3)n2C)c1. The summed E-state index contributed by atoms with van der Waals surface area (Å²) in [5.74, 6) is 1.48. The van der Waals surface area contributed by atoms with Crippen LogP contribution in [0.3, 0.4) is 0 Å². The van der Waals surface area contributed by atoms with Gasteiger partial charge in [-0.25, -0.2) is 8.42 Å². The number of hydrogen-bond donors (Lipinski definition) is 1. The molecule has 2 aromatic rings. The number of nitrogens with zero attached hydrogens (tertiary/aromatic N) is 3. The van der Waals surface area contributed by atoms with Crippen LogP contribution < -0.4 is 5.32 Å². The first-order valence-corrected chi connectivity index (χ1v) is 11.6. The van der Waals surface area contributed by atoms with E-state index in [0.717, 1.165) is 22.6 Å². The van der Waals surface area contributed by atoms with Gasteiger partial charge in [-0.05, 0) is 43.4 Å². The lowest BCUT2D eigenvalue weighted by Crippen LogP contribution is -2.15. The summed E-state index contributed by atoms with van der Waals surface area (Å²) in [5.41, 5.74) is 2.93. The third kappa shape index (κ3) is 5.10. The van der Waals surface area contributed by atoms with E-state index in [1.807, 2.05) is 43.7 Å². The van der Waals surface area contributed by atoms with Crippen molar-refractivity contribution in [3.05, 3.63) is 35.2 Å². The van der Waals surface area contributed by atoms with E-state index >= 15 is 0 Å². The molecule has 146 valence electrons. The fraction of sp³-hybridized carbons (Fsp3) is 0.500. The minimum absolute atomic E-state index is 0.0971. The van der Waals surface area contributed by atoms with Crippen LogP contribution in [0.1, 0.15) is 23.4 Å². The van der Waals surface area contributed by atoms with Gasteiger partial charge in [-0.1, -0.05) is 23.9 Å². The van der Waals surface area contributed by atoms with Crippen LogP contribution >= 0.6 is 11.8 Å². The minimum atomic E-state index is -2.90. The second-order valence-corrected chi connectivity index (χ2v) is 10.3. The maximum atomic E-state index is 12.3. The first kappa shape index (κ1) is 19.9. The second kappa shape index (κ2) is 8.02. The van der Waals surface area contributed by atoms with Gasteiger partial charge in [-0.15, -0.1) is 10.2 Å². The van der Waals surface area contributed by atoms with Crippen LogP contribution in [-0.2, 0) is 28.1 Å². The number of amides is 1. The Bertz CT molecular complexity index is 954. The van der Waals surface area contributed by atoms with Gasteiger partial charge in [0.15, 0.2) is 15.0 Å². The van der Waals surface area contributed by atoms with E-state index in [1.165, 1.54) is 11.8 Å². The van der Waals surface area contributed by atoms with Gasteiger partial charge in [0.1, 0.15) is 5.82 Å². The summed E-state index contributed by atoms with van der Waals surface area (Å²) in [6.45, 7) is 3.95. The summed E-state index contributed by atoms with van der Waals surface area (Å²) >= 11 is 1.32. The third-order valence-corrected chi connectivity index (χ3v) is 7.58. The molecule has 1 amide bonds. The smallest absolute Gasteiger partial charge is 0.234 e. The normalized spacial score (nSPS) is 18.6. The second-order valence-electron chi connectivity index (χ2n) is 7.09. The van der Waals surface area contributed by atoms with E-state index in [4.69, 9.17) is 0 Å². The quantitative estimate of drug-likeness (QED) is 0.736. The molecule has 0 radical (unpaired) electrons. The summed E-state index contributed by atoms with van der Waals surface area (Å²) < 4.78 is 25.1. The third-order valence-electron chi connectivity index (χ3n) is 4.72. The van der Waals surface area contributed by atoms with Crippen molar-refractivity contribution in [1.82, 2.24) is 14.8 Å². The Morgan fingerprint density at radius 3 is 2.81 bits per heavy atom. The predicted octanol–water partition coefficient (Wildman–Crippen LogP) is 2.14. The van der Waals surface area contributed by atoms with E-state index in [1.54, 1.807) is 0 Å². The van der Waals surface area contributed by atoms with Gasteiger partial charge < -0.3 is 9.88 Å². The number of hydrogen-bond acceptors (Lipinski definition) is 6. The van der Waals surface area contributed by atoms with E-state index in [9.17, 15) is 13.2 Å². The number of thioether (sulfide) groups is 1. The van der Waals surface area contributed by atoms with E-state index in [2.05, 4.69) is 15.5 Å². The highest BCUT2D eigenvalue weighted by Gasteiger charge is 2.29. The lowest BCUT2D eigenvalue weighted by Gasteiger charge is -2.09. The van der Waals surface area contributed by atoms with Crippen LogP contribution in [0.25, 0.3) is 0 Å². The molecule has 0 bridgehead atoms. The van der Waals surface area contributed by atoms with E-state index in [0.29, 0.717) is 18.0 Å². The Balaban J connectivity index is 1.56. The number of rotatable bonds is 6. The van der Waals surface area contributed by atoms with Gasteiger partial charge >= 0.3 is 0 Å². The Hall–Kier alpha value is -1.87. The van der Waals surface area contributed by atoms with Gasteiger partial charge in [-0.2, -0.15) is 0 Å². The zero-order valence-corrected chi connectivity index (χ0v) is 17.4.